The zero-order valence-corrected chi connectivity index (χ0v) is 9.80. The highest BCUT2D eigenvalue weighted by Crippen LogP contribution is 2.22. The van der Waals surface area contributed by atoms with Crippen LogP contribution in [0, 0.1) is 0 Å². The number of rotatable bonds is 2. The Hall–Kier alpha value is -1.39. The smallest absolute Gasteiger partial charge is 0.253 e. The maximum absolute atomic E-state index is 12.1. The molecule has 3 N–H and O–H groups in total. The minimum Gasteiger partial charge on any atom is -0.388 e. The maximum atomic E-state index is 12.1. The van der Waals surface area contributed by atoms with E-state index in [1.54, 1.807) is 4.90 Å². The molecule has 1 aliphatic heterocycles. The average Bonchev–Trinajstić information content (AvgIpc) is 2.40. The third-order valence-corrected chi connectivity index (χ3v) is 3.38. The second kappa shape index (κ2) is 4.85. The van der Waals surface area contributed by atoms with E-state index in [1.165, 1.54) is 0 Å². The van der Waals surface area contributed by atoms with Crippen LogP contribution >= 0.6 is 0 Å². The Morgan fingerprint density at radius 1 is 1.29 bits per heavy atom. The molecule has 17 heavy (non-hydrogen) atoms. The molecule has 0 spiro atoms. The van der Waals surface area contributed by atoms with E-state index < -0.39 is 5.60 Å². The van der Waals surface area contributed by atoms with E-state index in [2.05, 4.69) is 0 Å². The van der Waals surface area contributed by atoms with Gasteiger partial charge in [0.2, 0.25) is 0 Å². The number of amides is 1. The van der Waals surface area contributed by atoms with Crippen molar-refractivity contribution in [3.05, 3.63) is 35.9 Å². The Kier molecular flexibility index (Phi) is 3.45. The highest BCUT2D eigenvalue weighted by atomic mass is 16.3. The first-order valence-electron chi connectivity index (χ1n) is 5.91. The predicted molar refractivity (Wildman–Crippen MR) is 65.6 cm³/mol. The summed E-state index contributed by atoms with van der Waals surface area (Å²) in [6.45, 7) is 1.41. The summed E-state index contributed by atoms with van der Waals surface area (Å²) in [6, 6.07) is 9.22. The lowest BCUT2D eigenvalue weighted by Gasteiger charge is -2.37. The number of carbonyl (C=O) groups is 1. The summed E-state index contributed by atoms with van der Waals surface area (Å²) in [5.74, 6) is 0.0321. The molecule has 1 heterocycles. The van der Waals surface area contributed by atoms with Crippen LogP contribution in [-0.2, 0) is 0 Å². The fourth-order valence-corrected chi connectivity index (χ4v) is 2.09. The lowest BCUT2D eigenvalue weighted by molar-refractivity contribution is -0.00951. The topological polar surface area (TPSA) is 66.6 Å². The summed E-state index contributed by atoms with van der Waals surface area (Å²) < 4.78 is 0. The van der Waals surface area contributed by atoms with Crippen molar-refractivity contribution in [2.75, 3.05) is 19.6 Å². The Morgan fingerprint density at radius 3 is 2.41 bits per heavy atom. The van der Waals surface area contributed by atoms with Crippen molar-refractivity contribution in [1.82, 2.24) is 4.90 Å². The normalized spacial score (nSPS) is 19.1. The van der Waals surface area contributed by atoms with Gasteiger partial charge in [0.1, 0.15) is 0 Å². The van der Waals surface area contributed by atoms with E-state index in [1.807, 2.05) is 30.3 Å². The van der Waals surface area contributed by atoms with Gasteiger partial charge >= 0.3 is 0 Å². The summed E-state index contributed by atoms with van der Waals surface area (Å²) in [5, 5.41) is 9.99. The lowest BCUT2D eigenvalue weighted by Crippen LogP contribution is -2.50. The van der Waals surface area contributed by atoms with Crippen LogP contribution in [0.2, 0.25) is 0 Å². The molecule has 0 aromatic heterocycles. The van der Waals surface area contributed by atoms with Crippen LogP contribution in [0.15, 0.2) is 30.3 Å². The molecule has 1 aliphatic rings. The summed E-state index contributed by atoms with van der Waals surface area (Å²) in [7, 11) is 0. The standard InChI is InChI=1S/C13H18N2O2/c14-10-13(17)6-8-15(9-7-13)12(16)11-4-2-1-3-5-11/h1-5,17H,6-10,14H2. The first-order valence-corrected chi connectivity index (χ1v) is 5.91. The summed E-state index contributed by atoms with van der Waals surface area (Å²) in [5.41, 5.74) is 5.43. The Bertz CT molecular complexity index is 384. The van der Waals surface area contributed by atoms with Gasteiger partial charge in [-0.05, 0) is 25.0 Å². The number of likely N-dealkylation sites (tertiary alicyclic amines) is 1. The quantitative estimate of drug-likeness (QED) is 0.788. The monoisotopic (exact) mass is 234 g/mol. The van der Waals surface area contributed by atoms with Gasteiger partial charge in [0.15, 0.2) is 0 Å². The molecule has 0 atom stereocenters. The van der Waals surface area contributed by atoms with Gasteiger partial charge < -0.3 is 15.7 Å². The fourth-order valence-electron chi connectivity index (χ4n) is 2.09. The van der Waals surface area contributed by atoms with Crippen LogP contribution in [0.4, 0.5) is 0 Å². The number of hydrogen-bond acceptors (Lipinski definition) is 3. The van der Waals surface area contributed by atoms with Crippen LogP contribution in [-0.4, -0.2) is 41.1 Å². The van der Waals surface area contributed by atoms with Gasteiger partial charge in [0, 0.05) is 25.2 Å². The number of benzene rings is 1. The molecule has 1 amide bonds. The van der Waals surface area contributed by atoms with Crippen LogP contribution < -0.4 is 5.73 Å². The molecular formula is C13H18N2O2. The molecule has 2 rings (SSSR count). The molecule has 0 saturated carbocycles. The summed E-state index contributed by atoms with van der Waals surface area (Å²) in [6.07, 6.45) is 1.12. The molecule has 0 radical (unpaired) electrons. The van der Waals surface area contributed by atoms with E-state index in [9.17, 15) is 9.90 Å². The van der Waals surface area contributed by atoms with Gasteiger partial charge in [0.05, 0.1) is 5.60 Å². The van der Waals surface area contributed by atoms with Crippen LogP contribution in [0.1, 0.15) is 23.2 Å². The predicted octanol–water partition coefficient (Wildman–Crippen LogP) is 0.612. The van der Waals surface area contributed by atoms with Crippen LogP contribution in [0.3, 0.4) is 0 Å². The van der Waals surface area contributed by atoms with Crippen molar-refractivity contribution in [3.8, 4) is 0 Å². The first kappa shape index (κ1) is 12.1. The Balaban J connectivity index is 2.00. The molecule has 4 heteroatoms. The number of nitrogens with zero attached hydrogens (tertiary/aromatic N) is 1. The molecule has 92 valence electrons. The van der Waals surface area contributed by atoms with Gasteiger partial charge in [-0.2, -0.15) is 0 Å². The zero-order chi connectivity index (χ0) is 12.3. The van der Waals surface area contributed by atoms with Crippen molar-refractivity contribution in [2.45, 2.75) is 18.4 Å². The number of hydrogen-bond donors (Lipinski definition) is 2. The Labute approximate surface area is 101 Å². The van der Waals surface area contributed by atoms with E-state index in [4.69, 9.17) is 5.73 Å². The SMILES string of the molecule is NCC1(O)CCN(C(=O)c2ccccc2)CC1. The van der Waals surface area contributed by atoms with Crippen molar-refractivity contribution >= 4 is 5.91 Å². The van der Waals surface area contributed by atoms with E-state index in [0.29, 0.717) is 31.5 Å². The summed E-state index contributed by atoms with van der Waals surface area (Å²) >= 11 is 0. The van der Waals surface area contributed by atoms with Gasteiger partial charge in [-0.15, -0.1) is 0 Å². The van der Waals surface area contributed by atoms with Crippen molar-refractivity contribution < 1.29 is 9.90 Å². The minimum absolute atomic E-state index is 0.0321. The van der Waals surface area contributed by atoms with Gasteiger partial charge in [-0.1, -0.05) is 18.2 Å². The van der Waals surface area contributed by atoms with Crippen molar-refractivity contribution in [2.24, 2.45) is 5.73 Å². The second-order valence-electron chi connectivity index (χ2n) is 4.59. The van der Waals surface area contributed by atoms with Gasteiger partial charge in [-0.3, -0.25) is 4.79 Å². The second-order valence-corrected chi connectivity index (χ2v) is 4.59. The molecular weight excluding hydrogens is 216 g/mol. The third kappa shape index (κ3) is 2.65. The highest BCUT2D eigenvalue weighted by molar-refractivity contribution is 5.94. The van der Waals surface area contributed by atoms with Crippen molar-refractivity contribution in [1.29, 1.82) is 0 Å². The van der Waals surface area contributed by atoms with E-state index in [0.717, 1.165) is 0 Å². The van der Waals surface area contributed by atoms with Gasteiger partial charge in [-0.25, -0.2) is 0 Å². The number of nitrogens with two attached hydrogens (primary N) is 1. The van der Waals surface area contributed by atoms with Crippen LogP contribution in [0.5, 0.6) is 0 Å². The minimum atomic E-state index is -0.784. The molecule has 1 fully saturated rings. The highest BCUT2D eigenvalue weighted by Gasteiger charge is 2.32. The largest absolute Gasteiger partial charge is 0.388 e. The molecule has 0 bridgehead atoms. The van der Waals surface area contributed by atoms with E-state index in [-0.39, 0.29) is 12.5 Å². The van der Waals surface area contributed by atoms with Gasteiger partial charge in [0.25, 0.3) is 5.91 Å². The fraction of sp³-hybridized carbons (Fsp3) is 0.462. The number of carbonyl (C=O) groups excluding carboxylic acids is 1. The van der Waals surface area contributed by atoms with Crippen LogP contribution in [0.25, 0.3) is 0 Å². The molecule has 1 aromatic rings. The zero-order valence-electron chi connectivity index (χ0n) is 9.80. The Morgan fingerprint density at radius 2 is 1.88 bits per heavy atom. The molecule has 0 aliphatic carbocycles. The molecule has 1 aromatic carbocycles. The first-order chi connectivity index (χ1) is 8.14. The third-order valence-electron chi connectivity index (χ3n) is 3.38. The molecule has 4 nitrogen and oxygen atoms in total. The lowest BCUT2D eigenvalue weighted by atomic mass is 9.91. The molecule has 1 saturated heterocycles. The molecule has 0 unspecified atom stereocenters. The van der Waals surface area contributed by atoms with E-state index >= 15 is 0 Å². The number of piperidine rings is 1. The van der Waals surface area contributed by atoms with Crippen molar-refractivity contribution in [3.63, 3.8) is 0 Å². The summed E-state index contributed by atoms with van der Waals surface area (Å²) in [4.78, 5) is 13.9. The average molecular weight is 234 g/mol. The number of aliphatic hydroxyl groups is 1. The maximum Gasteiger partial charge on any atom is 0.253 e.